The van der Waals surface area contributed by atoms with Gasteiger partial charge >= 0.3 is 6.09 Å². The molecule has 54 heavy (non-hydrogen) atoms. The van der Waals surface area contributed by atoms with Gasteiger partial charge in [-0.3, -0.25) is 9.59 Å². The number of hydrogen-bond donors (Lipinski definition) is 4. The smallest absolute Gasteiger partial charge is 0.412 e. The monoisotopic (exact) mass is 912 g/mol. The first-order valence-corrected chi connectivity index (χ1v) is 19.8. The van der Waals surface area contributed by atoms with Gasteiger partial charge in [-0.1, -0.05) is 55.1 Å². The summed E-state index contributed by atoms with van der Waals surface area (Å²) in [5.41, 5.74) is 2.06. The van der Waals surface area contributed by atoms with Crippen LogP contribution in [0.1, 0.15) is 75.6 Å². The van der Waals surface area contributed by atoms with Gasteiger partial charge in [0.15, 0.2) is 0 Å². The molecule has 4 N–H and O–H groups in total. The maximum Gasteiger partial charge on any atom is 0.412 e. The number of alkyl carbamates (subject to hydrolysis) is 1. The molecule has 4 unspecified atom stereocenters. The minimum atomic E-state index is -0.778. The van der Waals surface area contributed by atoms with Gasteiger partial charge in [0.05, 0.1) is 23.4 Å². The van der Waals surface area contributed by atoms with Gasteiger partial charge in [0.1, 0.15) is 22.6 Å². The number of hydrogen-bond acceptors (Lipinski definition) is 9. The van der Waals surface area contributed by atoms with Gasteiger partial charge in [-0.2, -0.15) is 0 Å². The number of benzene rings is 2. The lowest BCUT2D eigenvalue weighted by molar-refractivity contribution is -0.118. The molecule has 0 aromatic heterocycles. The van der Waals surface area contributed by atoms with Crippen LogP contribution in [0.2, 0.25) is 10.0 Å². The number of aliphatic hydroxyl groups excluding tert-OH is 1. The van der Waals surface area contributed by atoms with Crippen molar-refractivity contribution in [3.8, 4) is 0 Å². The van der Waals surface area contributed by atoms with Crippen LogP contribution >= 0.6 is 55.1 Å². The molecule has 6 rings (SSSR count). The van der Waals surface area contributed by atoms with E-state index < -0.39 is 17.2 Å². The molecular weight excluding hydrogens is 871 g/mol. The third-order valence-corrected chi connectivity index (χ3v) is 11.8. The molecule has 4 aliphatic rings. The second-order valence-electron chi connectivity index (χ2n) is 13.4. The Morgan fingerprint density at radius 3 is 1.89 bits per heavy atom. The van der Waals surface area contributed by atoms with Crippen LogP contribution in [-0.2, 0) is 28.6 Å². The largest absolute Gasteiger partial charge is 0.509 e. The van der Waals surface area contributed by atoms with E-state index in [1.165, 1.54) is 6.08 Å². The quantitative estimate of drug-likeness (QED) is 0.173. The van der Waals surface area contributed by atoms with Crippen molar-refractivity contribution < 1.29 is 38.5 Å². The van der Waals surface area contributed by atoms with Crippen molar-refractivity contribution in [3.05, 3.63) is 77.0 Å². The highest BCUT2D eigenvalue weighted by Crippen LogP contribution is 2.45. The van der Waals surface area contributed by atoms with Gasteiger partial charge in [-0.15, -0.1) is 0 Å². The zero-order chi connectivity index (χ0) is 40.0. The third-order valence-electron chi connectivity index (χ3n) is 9.42. The fourth-order valence-corrected chi connectivity index (χ4v) is 8.33. The van der Waals surface area contributed by atoms with Crippen LogP contribution in [0, 0.1) is 13.8 Å². The third kappa shape index (κ3) is 9.58. The lowest BCUT2D eigenvalue weighted by Gasteiger charge is -2.37. The lowest BCUT2D eigenvalue weighted by atomic mass is 9.85. The number of aliphatic hydroxyl groups is 1. The number of rotatable bonds is 5. The summed E-state index contributed by atoms with van der Waals surface area (Å²) in [6.07, 6.45) is 2.87. The van der Waals surface area contributed by atoms with Crippen LogP contribution < -0.4 is 16.0 Å². The second kappa shape index (κ2) is 18.6. The molecule has 0 aliphatic carbocycles. The Kier molecular flexibility index (Phi) is 15.0. The maximum atomic E-state index is 13.0. The summed E-state index contributed by atoms with van der Waals surface area (Å²) < 4.78 is 18.6. The predicted molar refractivity (Wildman–Crippen MR) is 214 cm³/mol. The van der Waals surface area contributed by atoms with Crippen LogP contribution in [-0.4, -0.2) is 78.7 Å². The van der Waals surface area contributed by atoms with Crippen LogP contribution in [0.25, 0.3) is 11.1 Å². The fourth-order valence-electron chi connectivity index (χ4n) is 6.86. The Labute approximate surface area is 341 Å². The average molecular weight is 916 g/mol. The number of carbonyl (C=O) groups excluding carboxylic acids is 4. The number of aryl methyl sites for hydroxylation is 2. The van der Waals surface area contributed by atoms with E-state index in [0.29, 0.717) is 84.5 Å². The molecule has 0 bridgehead atoms. The molecule has 2 aromatic carbocycles. The number of nitrogens with zero attached hydrogens (tertiary/aromatic N) is 1. The summed E-state index contributed by atoms with van der Waals surface area (Å²) in [5, 5.41) is 20.2. The SMILES string of the molecule is CCN=C=O.CCNC(=O)OC1=C(c2cc(C)c(Br)cc2Cl)C(=O)NC12CCOC(C)C2.Cc1cc(C2=C(O)C3(CCOC(C)C3)NC2=O)c(Cl)cc1Br. The van der Waals surface area contributed by atoms with E-state index in [1.807, 2.05) is 39.8 Å². The zero-order valence-electron chi connectivity index (χ0n) is 30.9. The van der Waals surface area contributed by atoms with Crippen molar-refractivity contribution in [2.75, 3.05) is 26.3 Å². The first kappa shape index (κ1) is 43.5. The molecule has 4 heterocycles. The zero-order valence-corrected chi connectivity index (χ0v) is 35.6. The highest BCUT2D eigenvalue weighted by Gasteiger charge is 2.51. The van der Waals surface area contributed by atoms with E-state index in [-0.39, 0.29) is 35.4 Å². The Bertz CT molecular complexity index is 1920. The highest BCUT2D eigenvalue weighted by atomic mass is 79.9. The molecule has 3 amide bonds. The van der Waals surface area contributed by atoms with Gasteiger partial charge in [-0.05, 0) is 76.9 Å². The van der Waals surface area contributed by atoms with Crippen molar-refractivity contribution in [1.82, 2.24) is 16.0 Å². The molecule has 2 fully saturated rings. The molecule has 2 saturated heterocycles. The molecule has 0 saturated carbocycles. The normalized spacial score (nSPS) is 24.6. The average Bonchev–Trinajstić information content (AvgIpc) is 3.47. The van der Waals surface area contributed by atoms with Crippen molar-refractivity contribution in [2.45, 2.75) is 90.5 Å². The number of isocyanates is 1. The second-order valence-corrected chi connectivity index (χ2v) is 15.9. The van der Waals surface area contributed by atoms with Gasteiger partial charge < -0.3 is 35.3 Å². The number of carbonyl (C=O) groups is 3. The Morgan fingerprint density at radius 1 is 0.926 bits per heavy atom. The molecular formula is C38H44Br2Cl2N4O8. The summed E-state index contributed by atoms with van der Waals surface area (Å²) in [6.45, 7) is 13.2. The first-order valence-electron chi connectivity index (χ1n) is 17.5. The molecule has 4 atom stereocenters. The van der Waals surface area contributed by atoms with Crippen molar-refractivity contribution in [2.24, 2.45) is 4.99 Å². The molecule has 4 aliphatic heterocycles. The number of nitrogens with one attached hydrogen (secondary N) is 3. The molecule has 2 spiro atoms. The van der Waals surface area contributed by atoms with Crippen LogP contribution in [0.15, 0.2) is 49.7 Å². The number of halogens is 4. The fraction of sp³-hybridized carbons (Fsp3) is 0.474. The summed E-state index contributed by atoms with van der Waals surface area (Å²) in [6, 6.07) is 7.13. The maximum absolute atomic E-state index is 13.0. The molecule has 292 valence electrons. The van der Waals surface area contributed by atoms with Gasteiger partial charge in [0.25, 0.3) is 11.8 Å². The number of aliphatic imine (C=N–C) groups is 1. The van der Waals surface area contributed by atoms with Crippen molar-refractivity contribution >= 4 is 90.2 Å². The summed E-state index contributed by atoms with van der Waals surface area (Å²) >= 11 is 19.6. The Morgan fingerprint density at radius 2 is 1.41 bits per heavy atom. The van der Waals surface area contributed by atoms with Gasteiger partial charge in [-0.25, -0.2) is 14.6 Å². The van der Waals surface area contributed by atoms with Gasteiger partial charge in [0, 0.05) is 82.1 Å². The predicted octanol–water partition coefficient (Wildman–Crippen LogP) is 8.03. The van der Waals surface area contributed by atoms with Crippen LogP contribution in [0.4, 0.5) is 4.79 Å². The minimum Gasteiger partial charge on any atom is -0.509 e. The van der Waals surface area contributed by atoms with E-state index in [1.54, 1.807) is 26.0 Å². The molecule has 0 radical (unpaired) electrons. The summed E-state index contributed by atoms with van der Waals surface area (Å²) in [5.74, 6) is -0.185. The molecule has 12 nitrogen and oxygen atoms in total. The van der Waals surface area contributed by atoms with E-state index >= 15 is 0 Å². The Hall–Kier alpha value is -3.23. The van der Waals surface area contributed by atoms with E-state index in [2.05, 4.69) is 52.8 Å². The van der Waals surface area contributed by atoms with Gasteiger partial charge in [0.2, 0.25) is 6.08 Å². The first-order chi connectivity index (χ1) is 25.5. The minimum absolute atomic E-state index is 0.0160. The number of amides is 3. The molecule has 16 heteroatoms. The van der Waals surface area contributed by atoms with E-state index in [4.69, 9.17) is 42.2 Å². The van der Waals surface area contributed by atoms with Crippen molar-refractivity contribution in [1.29, 1.82) is 0 Å². The highest BCUT2D eigenvalue weighted by molar-refractivity contribution is 9.10. The molecule has 2 aromatic rings. The lowest BCUT2D eigenvalue weighted by Crippen LogP contribution is -2.51. The summed E-state index contributed by atoms with van der Waals surface area (Å²) in [7, 11) is 0. The van der Waals surface area contributed by atoms with Crippen molar-refractivity contribution in [3.63, 3.8) is 0 Å². The standard InChI is InChI=1S/C19H22BrClN2O4.C16H17BrClNO3.C3H5NO/c1-4-22-18(25)27-16-15(12-7-10(2)13(20)8-14(12)21)17(24)23-19(16)5-6-26-11(3)9-19;1-8-5-10(12(18)6-11(8)17)13-14(20)16(19-15(13)21)3-4-22-9(2)7-16;1-2-4-3-5/h7-8,11H,4-6,9H2,1-3H3,(H,22,25)(H,23,24);5-6,9,20H,3-4,7H2,1-2H3,(H,19,21);2H2,1H3. The van der Waals surface area contributed by atoms with Crippen LogP contribution in [0.5, 0.6) is 0 Å². The number of ether oxygens (including phenoxy) is 3. The van der Waals surface area contributed by atoms with Crippen LogP contribution in [0.3, 0.4) is 0 Å². The Balaban J connectivity index is 0.000000217. The summed E-state index contributed by atoms with van der Waals surface area (Å²) in [4.78, 5) is 49.9. The topological polar surface area (TPSA) is 165 Å². The van der Waals surface area contributed by atoms with E-state index in [9.17, 15) is 19.5 Å². The van der Waals surface area contributed by atoms with E-state index in [0.717, 1.165) is 20.1 Å².